The Bertz CT molecular complexity index is 1190. The Morgan fingerprint density at radius 1 is 1.06 bits per heavy atom. The van der Waals surface area contributed by atoms with Crippen molar-refractivity contribution in [2.45, 2.75) is 10.1 Å². The number of thioether (sulfide) groups is 1. The van der Waals surface area contributed by atoms with Crippen LogP contribution in [0, 0.1) is 0 Å². The van der Waals surface area contributed by atoms with Crippen molar-refractivity contribution < 1.29 is 13.2 Å². The first kappa shape index (κ1) is 24.2. The molecule has 1 amide bonds. The zero-order valence-electron chi connectivity index (χ0n) is 15.6. The van der Waals surface area contributed by atoms with E-state index in [0.717, 1.165) is 16.9 Å². The van der Waals surface area contributed by atoms with Crippen molar-refractivity contribution in [3.05, 3.63) is 68.7 Å². The Hall–Kier alpha value is -1.40. The van der Waals surface area contributed by atoms with Crippen molar-refractivity contribution in [2.75, 3.05) is 17.6 Å². The van der Waals surface area contributed by atoms with Gasteiger partial charge in [-0.05, 0) is 29.8 Å². The minimum Gasteiger partial charge on any atom is -0.296 e. The lowest BCUT2D eigenvalue weighted by Crippen LogP contribution is -2.26. The number of halogens is 3. The summed E-state index contributed by atoms with van der Waals surface area (Å²) in [6.07, 6.45) is 0. The van der Waals surface area contributed by atoms with Crippen LogP contribution in [0.3, 0.4) is 0 Å². The maximum absolute atomic E-state index is 12.4. The standard InChI is InChI=1S/C18H15Cl3N4O3S3/c19-12-6-5-11(15(21)9-12)10-29-8-7-22-31(27,28)18-25-24-17(30-18)23-16(26)13-3-1-2-4-14(13)20/h1-6,9,22H,7-8,10H2,(H,23,24,26). The lowest BCUT2D eigenvalue weighted by Gasteiger charge is -2.06. The van der Waals surface area contributed by atoms with Crippen LogP contribution in [-0.4, -0.2) is 36.8 Å². The molecule has 1 heterocycles. The second-order valence-electron chi connectivity index (χ2n) is 5.99. The summed E-state index contributed by atoms with van der Waals surface area (Å²) in [5.74, 6) is 0.637. The maximum Gasteiger partial charge on any atom is 0.269 e. The molecule has 3 aromatic rings. The van der Waals surface area contributed by atoms with Gasteiger partial charge in [0.1, 0.15) is 0 Å². The Labute approximate surface area is 202 Å². The van der Waals surface area contributed by atoms with E-state index in [1.807, 2.05) is 6.07 Å². The van der Waals surface area contributed by atoms with Crippen molar-refractivity contribution >= 4 is 79.0 Å². The monoisotopic (exact) mass is 536 g/mol. The molecular formula is C18H15Cl3N4O3S3. The molecule has 0 aliphatic rings. The highest BCUT2D eigenvalue weighted by atomic mass is 35.5. The van der Waals surface area contributed by atoms with Gasteiger partial charge in [-0.3, -0.25) is 10.1 Å². The van der Waals surface area contributed by atoms with Crippen LogP contribution in [0.15, 0.2) is 46.8 Å². The summed E-state index contributed by atoms with van der Waals surface area (Å²) in [5.41, 5.74) is 1.17. The predicted octanol–water partition coefficient (Wildman–Crippen LogP) is 4.96. The van der Waals surface area contributed by atoms with E-state index in [4.69, 9.17) is 34.8 Å². The quantitative estimate of drug-likeness (QED) is 0.295. The molecule has 1 aromatic heterocycles. The maximum atomic E-state index is 12.4. The SMILES string of the molecule is O=C(Nc1nnc(S(=O)(=O)NCCSCc2ccc(Cl)cc2Cl)s1)c1ccccc1Cl. The van der Waals surface area contributed by atoms with E-state index in [9.17, 15) is 13.2 Å². The third-order valence-electron chi connectivity index (χ3n) is 3.79. The molecule has 0 bridgehead atoms. The number of carbonyl (C=O) groups is 1. The van der Waals surface area contributed by atoms with Crippen LogP contribution >= 0.6 is 57.9 Å². The first-order valence-corrected chi connectivity index (χ1v) is 13.3. The van der Waals surface area contributed by atoms with Gasteiger partial charge in [-0.2, -0.15) is 11.8 Å². The van der Waals surface area contributed by atoms with Crippen LogP contribution in [0.25, 0.3) is 0 Å². The summed E-state index contributed by atoms with van der Waals surface area (Å²) in [6, 6.07) is 11.7. The number of rotatable bonds is 9. The number of hydrogen-bond donors (Lipinski definition) is 2. The van der Waals surface area contributed by atoms with Crippen LogP contribution in [0.1, 0.15) is 15.9 Å². The zero-order valence-corrected chi connectivity index (χ0v) is 20.4. The molecule has 0 saturated carbocycles. The van der Waals surface area contributed by atoms with Gasteiger partial charge in [0.2, 0.25) is 9.47 Å². The Kier molecular flexibility index (Phi) is 8.57. The lowest BCUT2D eigenvalue weighted by atomic mass is 10.2. The minimum absolute atomic E-state index is 0.0528. The summed E-state index contributed by atoms with van der Waals surface area (Å²) in [7, 11) is -3.85. The number of benzene rings is 2. The molecule has 3 rings (SSSR count). The molecule has 31 heavy (non-hydrogen) atoms. The smallest absolute Gasteiger partial charge is 0.269 e. The number of aromatic nitrogens is 2. The molecule has 0 aliphatic carbocycles. The fraction of sp³-hybridized carbons (Fsp3) is 0.167. The number of carbonyl (C=O) groups excluding carboxylic acids is 1. The molecule has 0 radical (unpaired) electrons. The molecule has 0 aliphatic heterocycles. The lowest BCUT2D eigenvalue weighted by molar-refractivity contribution is 0.102. The normalized spacial score (nSPS) is 11.5. The molecule has 0 unspecified atom stereocenters. The van der Waals surface area contributed by atoms with Gasteiger partial charge in [0, 0.05) is 28.1 Å². The van der Waals surface area contributed by atoms with Crippen LogP contribution in [0.2, 0.25) is 15.1 Å². The Morgan fingerprint density at radius 3 is 2.58 bits per heavy atom. The van der Waals surface area contributed by atoms with Gasteiger partial charge < -0.3 is 0 Å². The van der Waals surface area contributed by atoms with Crippen LogP contribution in [0.4, 0.5) is 5.13 Å². The number of sulfonamides is 1. The average Bonchev–Trinajstić information content (AvgIpc) is 3.19. The fourth-order valence-corrected chi connectivity index (χ4v) is 6.04. The van der Waals surface area contributed by atoms with E-state index in [1.165, 1.54) is 11.8 Å². The van der Waals surface area contributed by atoms with Crippen LogP contribution in [-0.2, 0) is 15.8 Å². The third-order valence-corrected chi connectivity index (χ3v) is 8.38. The van der Waals surface area contributed by atoms with Crippen molar-refractivity contribution in [1.29, 1.82) is 0 Å². The molecule has 7 nitrogen and oxygen atoms in total. The Morgan fingerprint density at radius 2 is 1.84 bits per heavy atom. The van der Waals surface area contributed by atoms with Crippen molar-refractivity contribution in [3.8, 4) is 0 Å². The molecule has 13 heteroatoms. The molecule has 164 valence electrons. The van der Waals surface area contributed by atoms with Gasteiger partial charge >= 0.3 is 0 Å². The van der Waals surface area contributed by atoms with E-state index in [0.29, 0.717) is 21.6 Å². The van der Waals surface area contributed by atoms with E-state index >= 15 is 0 Å². The second-order valence-corrected chi connectivity index (χ2v) is 11.3. The van der Waals surface area contributed by atoms with Gasteiger partial charge in [-0.15, -0.1) is 10.2 Å². The second kappa shape index (κ2) is 11.0. The summed E-state index contributed by atoms with van der Waals surface area (Å²) < 4.78 is 27.0. The van der Waals surface area contributed by atoms with Crippen molar-refractivity contribution in [1.82, 2.24) is 14.9 Å². The number of hydrogen-bond acceptors (Lipinski definition) is 7. The van der Waals surface area contributed by atoms with Gasteiger partial charge in [-0.25, -0.2) is 13.1 Å². The summed E-state index contributed by atoms with van der Waals surface area (Å²) in [6.45, 7) is 0.194. The first-order valence-electron chi connectivity index (χ1n) is 8.67. The molecule has 0 fully saturated rings. The topological polar surface area (TPSA) is 101 Å². The molecule has 0 spiro atoms. The summed E-state index contributed by atoms with van der Waals surface area (Å²) in [4.78, 5) is 12.3. The highest BCUT2D eigenvalue weighted by molar-refractivity contribution is 7.98. The third kappa shape index (κ3) is 6.79. The van der Waals surface area contributed by atoms with Gasteiger partial charge in [0.25, 0.3) is 15.9 Å². The van der Waals surface area contributed by atoms with E-state index < -0.39 is 15.9 Å². The predicted molar refractivity (Wildman–Crippen MR) is 127 cm³/mol. The highest BCUT2D eigenvalue weighted by Crippen LogP contribution is 2.25. The molecular weight excluding hydrogens is 523 g/mol. The zero-order chi connectivity index (χ0) is 22.4. The molecule has 2 aromatic carbocycles. The van der Waals surface area contributed by atoms with Gasteiger partial charge in [-0.1, -0.05) is 64.3 Å². The summed E-state index contributed by atoms with van der Waals surface area (Å²) >= 11 is 20.2. The van der Waals surface area contributed by atoms with Gasteiger partial charge in [0.05, 0.1) is 10.6 Å². The summed E-state index contributed by atoms with van der Waals surface area (Å²) in [5, 5.41) is 11.3. The average molecular weight is 538 g/mol. The van der Waals surface area contributed by atoms with E-state index in [-0.39, 0.29) is 26.6 Å². The van der Waals surface area contributed by atoms with Crippen molar-refractivity contribution in [3.63, 3.8) is 0 Å². The number of nitrogens with zero attached hydrogens (tertiary/aromatic N) is 2. The van der Waals surface area contributed by atoms with Crippen LogP contribution in [0.5, 0.6) is 0 Å². The van der Waals surface area contributed by atoms with E-state index in [2.05, 4.69) is 20.2 Å². The fourth-order valence-electron chi connectivity index (χ4n) is 2.31. The van der Waals surface area contributed by atoms with Crippen LogP contribution < -0.4 is 10.0 Å². The highest BCUT2D eigenvalue weighted by Gasteiger charge is 2.21. The number of anilines is 1. The number of nitrogens with one attached hydrogen (secondary N) is 2. The van der Waals surface area contributed by atoms with Gasteiger partial charge in [0.15, 0.2) is 0 Å². The number of amides is 1. The molecule has 2 N–H and O–H groups in total. The molecule has 0 saturated heterocycles. The van der Waals surface area contributed by atoms with E-state index in [1.54, 1.807) is 36.4 Å². The molecule has 0 atom stereocenters. The minimum atomic E-state index is -3.85. The Balaban J connectivity index is 1.50. The first-order chi connectivity index (χ1) is 14.8. The van der Waals surface area contributed by atoms with Crippen molar-refractivity contribution in [2.24, 2.45) is 0 Å². The largest absolute Gasteiger partial charge is 0.296 e.